The van der Waals surface area contributed by atoms with Crippen LogP contribution in [-0.4, -0.2) is 25.0 Å². The van der Waals surface area contributed by atoms with Crippen LogP contribution in [0.5, 0.6) is 0 Å². The van der Waals surface area contributed by atoms with Crippen molar-refractivity contribution in [1.29, 1.82) is 0 Å². The molecule has 2 nitrogen and oxygen atoms in total. The van der Waals surface area contributed by atoms with Crippen LogP contribution in [0, 0.1) is 5.41 Å². The van der Waals surface area contributed by atoms with Crippen molar-refractivity contribution in [3.8, 4) is 0 Å². The second-order valence-electron chi connectivity index (χ2n) is 6.71. The van der Waals surface area contributed by atoms with Crippen LogP contribution in [0.25, 0.3) is 0 Å². The van der Waals surface area contributed by atoms with Crippen LogP contribution < -0.4 is 5.32 Å². The second-order valence-corrected chi connectivity index (χ2v) is 7.96. The Bertz CT molecular complexity index is 387. The largest absolute Gasteiger partial charge is 0.315 e. The van der Waals surface area contributed by atoms with E-state index in [4.69, 9.17) is 0 Å². The van der Waals surface area contributed by atoms with Gasteiger partial charge < -0.3 is 5.32 Å². The summed E-state index contributed by atoms with van der Waals surface area (Å²) in [6, 6.07) is 5.33. The summed E-state index contributed by atoms with van der Waals surface area (Å²) in [5.74, 6) is 0. The van der Waals surface area contributed by atoms with Crippen molar-refractivity contribution in [2.24, 2.45) is 5.41 Å². The fourth-order valence-corrected chi connectivity index (χ4v) is 4.07. The molecule has 0 atom stereocenters. The van der Waals surface area contributed by atoms with Gasteiger partial charge in [0.15, 0.2) is 0 Å². The molecule has 19 heavy (non-hydrogen) atoms. The maximum atomic E-state index is 3.22. The minimum absolute atomic E-state index is 0.570. The number of thiophene rings is 1. The van der Waals surface area contributed by atoms with Gasteiger partial charge in [-0.25, -0.2) is 0 Å². The van der Waals surface area contributed by atoms with Gasteiger partial charge in [-0.1, -0.05) is 13.8 Å². The molecule has 1 fully saturated rings. The third-order valence-corrected chi connectivity index (χ3v) is 5.48. The molecule has 0 spiro atoms. The minimum atomic E-state index is 0.570. The molecular weight excluding hydrogens is 252 g/mol. The average Bonchev–Trinajstić information content (AvgIpc) is 2.77. The van der Waals surface area contributed by atoms with Crippen LogP contribution >= 0.6 is 11.3 Å². The number of rotatable bonds is 5. The van der Waals surface area contributed by atoms with Crippen molar-refractivity contribution in [3.63, 3.8) is 0 Å². The Labute approximate surface area is 122 Å². The molecule has 1 aromatic rings. The first-order valence-electron chi connectivity index (χ1n) is 7.42. The summed E-state index contributed by atoms with van der Waals surface area (Å²) in [5.41, 5.74) is 0.570. The summed E-state index contributed by atoms with van der Waals surface area (Å²) in [4.78, 5) is 5.50. The lowest BCUT2D eigenvalue weighted by molar-refractivity contribution is 0.124. The maximum absolute atomic E-state index is 3.22. The topological polar surface area (TPSA) is 15.3 Å². The van der Waals surface area contributed by atoms with Crippen molar-refractivity contribution in [1.82, 2.24) is 10.2 Å². The lowest BCUT2D eigenvalue weighted by atomic mass is 9.75. The molecule has 3 heteroatoms. The Morgan fingerprint density at radius 2 is 1.89 bits per heavy atom. The first-order valence-corrected chi connectivity index (χ1v) is 8.24. The van der Waals surface area contributed by atoms with Gasteiger partial charge in [0.1, 0.15) is 0 Å². The zero-order chi connectivity index (χ0) is 13.9. The summed E-state index contributed by atoms with van der Waals surface area (Å²) >= 11 is 1.95. The smallest absolute Gasteiger partial charge is 0.0327 e. The lowest BCUT2D eigenvalue weighted by Crippen LogP contribution is -2.36. The normalized spacial score (nSPS) is 20.1. The van der Waals surface area contributed by atoms with E-state index in [0.717, 1.165) is 19.1 Å². The third-order valence-electron chi connectivity index (χ3n) is 4.41. The van der Waals surface area contributed by atoms with E-state index >= 15 is 0 Å². The summed E-state index contributed by atoms with van der Waals surface area (Å²) in [7, 11) is 4.30. The van der Waals surface area contributed by atoms with Gasteiger partial charge in [-0.05, 0) is 57.3 Å². The summed E-state index contributed by atoms with van der Waals surface area (Å²) in [6.45, 7) is 6.92. The second kappa shape index (κ2) is 6.38. The SMILES string of the molecule is CNCc1ccc(CN(C)C2CCC(C)(C)CC2)s1. The van der Waals surface area contributed by atoms with Crippen molar-refractivity contribution in [2.75, 3.05) is 14.1 Å². The molecule has 0 unspecified atom stereocenters. The van der Waals surface area contributed by atoms with Gasteiger partial charge in [0.25, 0.3) is 0 Å². The van der Waals surface area contributed by atoms with Gasteiger partial charge >= 0.3 is 0 Å². The molecule has 1 N–H and O–H groups in total. The summed E-state index contributed by atoms with van der Waals surface area (Å²) in [6.07, 6.45) is 5.46. The standard InChI is InChI=1S/C16H28N2S/c1-16(2)9-7-13(8-10-16)18(4)12-15-6-5-14(19-15)11-17-3/h5-6,13,17H,7-12H2,1-4H3. The molecule has 2 rings (SSSR count). The van der Waals surface area contributed by atoms with E-state index in [-0.39, 0.29) is 0 Å². The summed E-state index contributed by atoms with van der Waals surface area (Å²) in [5, 5.41) is 3.22. The van der Waals surface area contributed by atoms with E-state index < -0.39 is 0 Å². The number of nitrogens with one attached hydrogen (secondary N) is 1. The molecule has 1 saturated carbocycles. The molecule has 0 radical (unpaired) electrons. The van der Waals surface area contributed by atoms with Gasteiger partial charge in [-0.15, -0.1) is 11.3 Å². The average molecular weight is 280 g/mol. The van der Waals surface area contributed by atoms with Crippen LogP contribution in [0.1, 0.15) is 49.3 Å². The molecule has 108 valence electrons. The molecule has 1 aliphatic carbocycles. The molecule has 0 saturated heterocycles. The van der Waals surface area contributed by atoms with Crippen LogP contribution in [0.3, 0.4) is 0 Å². The first kappa shape index (κ1) is 15.0. The molecule has 0 aliphatic heterocycles. The predicted octanol–water partition coefficient (Wildman–Crippen LogP) is 3.87. The van der Waals surface area contributed by atoms with E-state index in [1.807, 2.05) is 18.4 Å². The molecule has 1 heterocycles. The van der Waals surface area contributed by atoms with Crippen LogP contribution in [0.4, 0.5) is 0 Å². The van der Waals surface area contributed by atoms with Crippen LogP contribution in [-0.2, 0) is 13.1 Å². The van der Waals surface area contributed by atoms with Gasteiger partial charge in [0, 0.05) is 28.9 Å². The number of hydrogen-bond donors (Lipinski definition) is 1. The van der Waals surface area contributed by atoms with Crippen LogP contribution in [0.15, 0.2) is 12.1 Å². The third kappa shape index (κ3) is 4.30. The van der Waals surface area contributed by atoms with Crippen molar-refractivity contribution in [3.05, 3.63) is 21.9 Å². The van der Waals surface area contributed by atoms with E-state index in [1.54, 1.807) is 0 Å². The fourth-order valence-electron chi connectivity index (χ4n) is 2.98. The predicted molar refractivity (Wildman–Crippen MR) is 84.6 cm³/mol. The van der Waals surface area contributed by atoms with Gasteiger partial charge in [0.05, 0.1) is 0 Å². The highest BCUT2D eigenvalue weighted by atomic mass is 32.1. The highest BCUT2D eigenvalue weighted by Crippen LogP contribution is 2.37. The van der Waals surface area contributed by atoms with Gasteiger partial charge in [-0.3, -0.25) is 4.90 Å². The lowest BCUT2D eigenvalue weighted by Gasteiger charge is -2.38. The molecule has 0 aromatic carbocycles. The monoisotopic (exact) mass is 280 g/mol. The Hall–Kier alpha value is -0.380. The zero-order valence-electron chi connectivity index (χ0n) is 12.8. The molecular formula is C16H28N2S. The highest BCUT2D eigenvalue weighted by Gasteiger charge is 2.28. The molecule has 0 amide bonds. The van der Waals surface area contributed by atoms with Crippen molar-refractivity contribution >= 4 is 11.3 Å². The van der Waals surface area contributed by atoms with E-state index in [0.29, 0.717) is 5.41 Å². The van der Waals surface area contributed by atoms with Gasteiger partial charge in [0.2, 0.25) is 0 Å². The molecule has 0 bridgehead atoms. The minimum Gasteiger partial charge on any atom is -0.315 e. The Balaban J connectivity index is 1.85. The summed E-state index contributed by atoms with van der Waals surface area (Å²) < 4.78 is 0. The Kier molecular flexibility index (Phi) is 5.04. The fraction of sp³-hybridized carbons (Fsp3) is 0.750. The highest BCUT2D eigenvalue weighted by molar-refractivity contribution is 7.11. The molecule has 1 aromatic heterocycles. The maximum Gasteiger partial charge on any atom is 0.0327 e. The number of nitrogens with zero attached hydrogens (tertiary/aromatic N) is 1. The van der Waals surface area contributed by atoms with E-state index in [2.05, 4.69) is 43.2 Å². The number of hydrogen-bond acceptors (Lipinski definition) is 3. The Morgan fingerprint density at radius 3 is 2.53 bits per heavy atom. The molecule has 1 aliphatic rings. The zero-order valence-corrected chi connectivity index (χ0v) is 13.6. The Morgan fingerprint density at radius 1 is 1.26 bits per heavy atom. The quantitative estimate of drug-likeness (QED) is 0.881. The van der Waals surface area contributed by atoms with E-state index in [9.17, 15) is 0 Å². The van der Waals surface area contributed by atoms with E-state index in [1.165, 1.54) is 35.4 Å². The van der Waals surface area contributed by atoms with Crippen LogP contribution in [0.2, 0.25) is 0 Å². The van der Waals surface area contributed by atoms with Crippen molar-refractivity contribution < 1.29 is 0 Å². The van der Waals surface area contributed by atoms with Crippen molar-refractivity contribution in [2.45, 2.75) is 58.7 Å². The first-order chi connectivity index (χ1) is 9.00. The van der Waals surface area contributed by atoms with Gasteiger partial charge in [-0.2, -0.15) is 0 Å².